The quantitative estimate of drug-likeness (QED) is 0.435. The first-order valence-electron chi connectivity index (χ1n) is 7.15. The number of esters is 1. The third-order valence-corrected chi connectivity index (χ3v) is 9.75. The van der Waals surface area contributed by atoms with Gasteiger partial charge in [0.2, 0.25) is 0 Å². The summed E-state index contributed by atoms with van der Waals surface area (Å²) in [7, 11) is -6.39. The molecule has 5 nitrogen and oxygen atoms in total. The van der Waals surface area contributed by atoms with Gasteiger partial charge in [0.1, 0.15) is 10.2 Å². The van der Waals surface area contributed by atoms with Crippen LogP contribution >= 0.6 is 23.5 Å². The van der Waals surface area contributed by atoms with Crippen LogP contribution in [0.2, 0.25) is 0 Å². The van der Waals surface area contributed by atoms with Crippen LogP contribution in [-0.4, -0.2) is 51.8 Å². The molecule has 1 heterocycles. The minimum Gasteiger partial charge on any atom is -0.456 e. The van der Waals surface area contributed by atoms with E-state index >= 15 is 0 Å². The molecule has 2 saturated carbocycles. The van der Waals surface area contributed by atoms with E-state index < -0.39 is 37.4 Å². The summed E-state index contributed by atoms with van der Waals surface area (Å²) in [5, 5.41) is -5.48. The van der Waals surface area contributed by atoms with Crippen molar-refractivity contribution in [2.24, 2.45) is 11.8 Å². The molecule has 1 N–H and O–H groups in total. The summed E-state index contributed by atoms with van der Waals surface area (Å²) in [5.41, 5.74) is 0. The van der Waals surface area contributed by atoms with Gasteiger partial charge in [0, 0.05) is 11.5 Å². The number of ether oxygens (including phenoxy) is 1. The molecule has 4 unspecified atom stereocenters. The first kappa shape index (κ1) is 18.6. The average molecular weight is 410 g/mol. The minimum atomic E-state index is -6.39. The maximum absolute atomic E-state index is 14.1. The molecule has 2 aliphatic carbocycles. The molecule has 138 valence electrons. The lowest BCUT2D eigenvalue weighted by atomic mass is 9.96. The van der Waals surface area contributed by atoms with Crippen LogP contribution in [-0.2, 0) is 19.6 Å². The molecule has 4 atom stereocenters. The van der Waals surface area contributed by atoms with Crippen LogP contribution in [0.15, 0.2) is 0 Å². The molecule has 3 rings (SSSR count). The second-order valence-corrected chi connectivity index (χ2v) is 10.6. The van der Waals surface area contributed by atoms with Crippen molar-refractivity contribution in [2.45, 2.75) is 40.6 Å². The molecule has 3 fully saturated rings. The van der Waals surface area contributed by atoms with Gasteiger partial charge in [-0.1, -0.05) is 0 Å². The Bertz CT molecular complexity index is 646. The van der Waals surface area contributed by atoms with E-state index in [4.69, 9.17) is 9.29 Å². The Labute approximate surface area is 144 Å². The van der Waals surface area contributed by atoms with Crippen molar-refractivity contribution in [3.63, 3.8) is 0 Å². The Morgan fingerprint density at radius 2 is 1.75 bits per heavy atom. The smallest absolute Gasteiger partial charge is 0.451 e. The second kappa shape index (κ2) is 5.65. The Kier molecular flexibility index (Phi) is 4.37. The molecule has 24 heavy (non-hydrogen) atoms. The van der Waals surface area contributed by atoms with Gasteiger partial charge < -0.3 is 4.74 Å². The molecule has 2 bridgehead atoms. The summed E-state index contributed by atoms with van der Waals surface area (Å²) in [6, 6.07) is 0. The summed E-state index contributed by atoms with van der Waals surface area (Å²) < 4.78 is 87.4. The van der Waals surface area contributed by atoms with E-state index in [0.717, 1.165) is 17.9 Å². The van der Waals surface area contributed by atoms with Crippen molar-refractivity contribution in [1.29, 1.82) is 0 Å². The first-order chi connectivity index (χ1) is 10.9. The fourth-order valence-electron chi connectivity index (χ4n) is 3.80. The van der Waals surface area contributed by atoms with Crippen molar-refractivity contribution in [3.8, 4) is 0 Å². The molecule has 0 aromatic heterocycles. The van der Waals surface area contributed by atoms with E-state index in [-0.39, 0.29) is 11.8 Å². The van der Waals surface area contributed by atoms with Crippen LogP contribution in [0.4, 0.5) is 17.6 Å². The Balaban J connectivity index is 1.91. The second-order valence-electron chi connectivity index (χ2n) is 6.08. The van der Waals surface area contributed by atoms with Crippen LogP contribution in [0.5, 0.6) is 0 Å². The fraction of sp³-hybridized carbons (Fsp3) is 0.917. The Hall–Kier alpha value is -0.200. The third-order valence-electron chi connectivity index (χ3n) is 4.82. The number of alkyl halides is 4. The highest BCUT2D eigenvalue weighted by Gasteiger charge is 2.74. The van der Waals surface area contributed by atoms with Crippen molar-refractivity contribution in [3.05, 3.63) is 0 Å². The Morgan fingerprint density at radius 3 is 2.25 bits per heavy atom. The van der Waals surface area contributed by atoms with Gasteiger partial charge in [-0.25, -0.2) is 9.18 Å². The zero-order valence-electron chi connectivity index (χ0n) is 12.1. The molecular weight excluding hydrogens is 396 g/mol. The van der Waals surface area contributed by atoms with Gasteiger partial charge in [0.05, 0.1) is 0 Å². The highest BCUT2D eigenvalue weighted by atomic mass is 32.2. The summed E-state index contributed by atoms with van der Waals surface area (Å²) >= 11 is 2.92. The van der Waals surface area contributed by atoms with Crippen LogP contribution < -0.4 is 0 Å². The van der Waals surface area contributed by atoms with Crippen LogP contribution in [0.25, 0.3) is 0 Å². The van der Waals surface area contributed by atoms with Crippen molar-refractivity contribution in [2.75, 3.05) is 11.5 Å². The highest BCUT2D eigenvalue weighted by molar-refractivity contribution is 8.21. The normalized spacial score (nSPS) is 34.5. The molecule has 0 radical (unpaired) electrons. The van der Waals surface area contributed by atoms with Crippen molar-refractivity contribution in [1.82, 2.24) is 0 Å². The molecule has 0 aromatic rings. The van der Waals surface area contributed by atoms with Gasteiger partial charge in [-0.05, 0) is 31.1 Å². The molecule has 1 saturated heterocycles. The van der Waals surface area contributed by atoms with Gasteiger partial charge in [-0.2, -0.15) is 21.6 Å². The number of rotatable bonds is 3. The average Bonchev–Trinajstić information content (AvgIpc) is 3.14. The topological polar surface area (TPSA) is 80.7 Å². The lowest BCUT2D eigenvalue weighted by Gasteiger charge is -2.39. The first-order valence-corrected chi connectivity index (χ1v) is 10.6. The van der Waals surface area contributed by atoms with Gasteiger partial charge in [-0.3, -0.25) is 4.55 Å². The van der Waals surface area contributed by atoms with Crippen LogP contribution in [0.3, 0.4) is 0 Å². The van der Waals surface area contributed by atoms with Gasteiger partial charge in [0.25, 0.3) is 0 Å². The number of halogens is 4. The highest BCUT2D eigenvalue weighted by Crippen LogP contribution is 2.65. The predicted octanol–water partition coefficient (Wildman–Crippen LogP) is 2.62. The maximum atomic E-state index is 14.1. The van der Waals surface area contributed by atoms with Crippen LogP contribution in [0.1, 0.15) is 19.3 Å². The van der Waals surface area contributed by atoms with Gasteiger partial charge in [0.15, 0.2) is 0 Å². The predicted molar refractivity (Wildman–Crippen MR) is 79.8 cm³/mol. The molecule has 1 aliphatic heterocycles. The largest absolute Gasteiger partial charge is 0.456 e. The standard InChI is InChI=1S/C12H14F4O5S3/c13-11(12(14,15)16,24(18,19)20)9(17)21-8-6-1-2-7(5-6)10(8)22-3-4-23-10/h6-8H,1-5H2,(H,18,19,20). The molecule has 0 aromatic carbocycles. The number of carbonyl (C=O) groups excluding carboxylic acids is 1. The van der Waals surface area contributed by atoms with E-state index in [1.165, 1.54) is 23.5 Å². The Morgan fingerprint density at radius 1 is 1.17 bits per heavy atom. The van der Waals surface area contributed by atoms with E-state index in [0.29, 0.717) is 12.8 Å². The SMILES string of the molecule is O=C(OC1C2CCC(C2)C12SCCS2)C(F)(C(F)(F)F)S(=O)(=O)O. The van der Waals surface area contributed by atoms with E-state index in [9.17, 15) is 30.8 Å². The van der Waals surface area contributed by atoms with Crippen LogP contribution in [0, 0.1) is 11.8 Å². The summed E-state index contributed by atoms with van der Waals surface area (Å²) in [6.07, 6.45) is -5.02. The van der Waals surface area contributed by atoms with E-state index in [2.05, 4.69) is 0 Å². The summed E-state index contributed by atoms with van der Waals surface area (Å²) in [4.78, 5) is 11.9. The number of fused-ring (bicyclic) bond motifs is 3. The third kappa shape index (κ3) is 2.47. The van der Waals surface area contributed by atoms with Gasteiger partial charge in [-0.15, -0.1) is 23.5 Å². The fourth-order valence-corrected chi connectivity index (χ4v) is 8.20. The molecule has 1 spiro atoms. The van der Waals surface area contributed by atoms with E-state index in [1.807, 2.05) is 0 Å². The monoisotopic (exact) mass is 410 g/mol. The van der Waals surface area contributed by atoms with E-state index in [1.54, 1.807) is 0 Å². The number of carbonyl (C=O) groups is 1. The lowest BCUT2D eigenvalue weighted by molar-refractivity contribution is -0.219. The van der Waals surface area contributed by atoms with Gasteiger partial charge >= 0.3 is 27.3 Å². The zero-order valence-corrected chi connectivity index (χ0v) is 14.5. The lowest BCUT2D eigenvalue weighted by Crippen LogP contribution is -2.57. The summed E-state index contributed by atoms with van der Waals surface area (Å²) in [6.45, 7) is 0. The van der Waals surface area contributed by atoms with Crippen molar-refractivity contribution >= 4 is 39.6 Å². The number of thioether (sulfide) groups is 2. The summed E-state index contributed by atoms with van der Waals surface area (Å²) in [5.74, 6) is -1.26. The molecular formula is C12H14F4O5S3. The molecule has 0 amide bonds. The zero-order chi connectivity index (χ0) is 18.0. The minimum absolute atomic E-state index is 0.128. The van der Waals surface area contributed by atoms with Crippen molar-refractivity contribution < 1.29 is 40.1 Å². The molecule has 3 aliphatic rings. The number of hydrogen-bond acceptors (Lipinski definition) is 6. The number of hydrogen-bond donors (Lipinski definition) is 1. The maximum Gasteiger partial charge on any atom is 0.451 e. The molecule has 12 heteroatoms.